The summed E-state index contributed by atoms with van der Waals surface area (Å²) in [5.41, 5.74) is 8.39. The molecule has 4 rings (SSSR count). The number of nitrogens with two attached hydrogens (primary N) is 1. The molecular formula is C14H10N6S. The van der Waals surface area contributed by atoms with Gasteiger partial charge in [0.1, 0.15) is 5.01 Å². The molecule has 7 heteroatoms. The van der Waals surface area contributed by atoms with Gasteiger partial charge in [0.25, 0.3) is 0 Å². The van der Waals surface area contributed by atoms with Crippen molar-refractivity contribution in [2.24, 2.45) is 0 Å². The van der Waals surface area contributed by atoms with Gasteiger partial charge in [-0.15, -0.1) is 10.2 Å². The molecule has 6 nitrogen and oxygen atoms in total. The van der Waals surface area contributed by atoms with E-state index in [0.717, 1.165) is 21.1 Å². The minimum Gasteiger partial charge on any atom is -0.399 e. The highest BCUT2D eigenvalue weighted by Gasteiger charge is 2.14. The lowest BCUT2D eigenvalue weighted by Gasteiger charge is -1.97. The highest BCUT2D eigenvalue weighted by molar-refractivity contribution is 7.19. The maximum Gasteiger partial charge on any atom is 0.235 e. The van der Waals surface area contributed by atoms with Crippen LogP contribution in [0.4, 0.5) is 5.69 Å². The van der Waals surface area contributed by atoms with Crippen molar-refractivity contribution in [3.05, 3.63) is 48.8 Å². The van der Waals surface area contributed by atoms with Crippen LogP contribution in [-0.2, 0) is 0 Å². The van der Waals surface area contributed by atoms with E-state index in [1.165, 1.54) is 11.3 Å². The molecule has 0 saturated heterocycles. The number of benzene rings is 1. The summed E-state index contributed by atoms with van der Waals surface area (Å²) >= 11 is 1.48. The number of nitrogen functional groups attached to an aromatic ring is 1. The third kappa shape index (κ3) is 2.03. The molecule has 0 spiro atoms. The first-order valence-electron chi connectivity index (χ1n) is 6.30. The fourth-order valence-electron chi connectivity index (χ4n) is 2.08. The minimum absolute atomic E-state index is 0.685. The summed E-state index contributed by atoms with van der Waals surface area (Å²) in [4.78, 5) is 4.84. The lowest BCUT2D eigenvalue weighted by molar-refractivity contribution is 0.969. The fraction of sp³-hybridized carbons (Fsp3) is 0. The van der Waals surface area contributed by atoms with E-state index in [9.17, 15) is 0 Å². The molecule has 3 heterocycles. The monoisotopic (exact) mass is 294 g/mol. The minimum atomic E-state index is 0.685. The van der Waals surface area contributed by atoms with Crippen LogP contribution in [0, 0.1) is 0 Å². The Balaban J connectivity index is 1.87. The largest absolute Gasteiger partial charge is 0.399 e. The number of nitrogens with zero attached hydrogens (tertiary/aromatic N) is 5. The Morgan fingerprint density at radius 3 is 2.76 bits per heavy atom. The number of aromatic nitrogens is 5. The fourth-order valence-corrected chi connectivity index (χ4v) is 2.92. The molecule has 102 valence electrons. The highest BCUT2D eigenvalue weighted by atomic mass is 32.1. The van der Waals surface area contributed by atoms with Crippen molar-refractivity contribution in [2.75, 3.05) is 5.73 Å². The number of anilines is 1. The van der Waals surface area contributed by atoms with Crippen LogP contribution in [0.5, 0.6) is 0 Å². The van der Waals surface area contributed by atoms with E-state index in [1.54, 1.807) is 16.9 Å². The molecule has 0 aliphatic heterocycles. The first-order chi connectivity index (χ1) is 10.3. The first kappa shape index (κ1) is 12.0. The molecule has 0 unspecified atom stereocenters. The molecule has 0 saturated carbocycles. The average Bonchev–Trinajstić information content (AvgIpc) is 3.08. The van der Waals surface area contributed by atoms with Crippen LogP contribution in [0.3, 0.4) is 0 Å². The van der Waals surface area contributed by atoms with Gasteiger partial charge < -0.3 is 5.73 Å². The van der Waals surface area contributed by atoms with Gasteiger partial charge in [-0.1, -0.05) is 23.5 Å². The molecule has 0 fully saturated rings. The standard InChI is InChI=1S/C14H10N6S/c15-11-5-1-3-9(7-11)13-19-20-12(17-18-14(20)21-13)10-4-2-6-16-8-10/h1-8H,15H2. The number of rotatable bonds is 2. The zero-order valence-corrected chi connectivity index (χ0v) is 11.7. The Bertz CT molecular complexity index is 912. The summed E-state index contributed by atoms with van der Waals surface area (Å²) < 4.78 is 1.74. The average molecular weight is 294 g/mol. The lowest BCUT2D eigenvalue weighted by atomic mass is 10.2. The lowest BCUT2D eigenvalue weighted by Crippen LogP contribution is -1.91. The summed E-state index contributed by atoms with van der Waals surface area (Å²) in [6, 6.07) is 11.4. The third-order valence-electron chi connectivity index (χ3n) is 3.04. The van der Waals surface area contributed by atoms with Crippen molar-refractivity contribution in [3.8, 4) is 22.0 Å². The van der Waals surface area contributed by atoms with E-state index in [1.807, 2.05) is 36.4 Å². The molecule has 1 aromatic carbocycles. The second kappa shape index (κ2) is 4.64. The van der Waals surface area contributed by atoms with Gasteiger partial charge in [-0.3, -0.25) is 4.98 Å². The summed E-state index contributed by atoms with van der Waals surface area (Å²) in [6.07, 6.45) is 3.47. The van der Waals surface area contributed by atoms with Gasteiger partial charge in [0.2, 0.25) is 4.96 Å². The summed E-state index contributed by atoms with van der Waals surface area (Å²) in [7, 11) is 0. The van der Waals surface area contributed by atoms with Gasteiger partial charge in [0.05, 0.1) is 0 Å². The Hall–Kier alpha value is -2.80. The molecule has 2 N–H and O–H groups in total. The van der Waals surface area contributed by atoms with Gasteiger partial charge in [-0.25, -0.2) is 0 Å². The van der Waals surface area contributed by atoms with Gasteiger partial charge in [0.15, 0.2) is 5.82 Å². The maximum absolute atomic E-state index is 5.82. The quantitative estimate of drug-likeness (QED) is 0.574. The van der Waals surface area contributed by atoms with E-state index in [2.05, 4.69) is 20.3 Å². The van der Waals surface area contributed by atoms with Crippen molar-refractivity contribution in [1.82, 2.24) is 24.8 Å². The molecule has 3 aromatic heterocycles. The predicted molar refractivity (Wildman–Crippen MR) is 81.7 cm³/mol. The molecule has 0 atom stereocenters. The predicted octanol–water partition coefficient (Wildman–Crippen LogP) is 2.50. The van der Waals surface area contributed by atoms with Crippen LogP contribution in [0.1, 0.15) is 0 Å². The topological polar surface area (TPSA) is 82.0 Å². The van der Waals surface area contributed by atoms with Crippen LogP contribution in [0.25, 0.3) is 26.9 Å². The highest BCUT2D eigenvalue weighted by Crippen LogP contribution is 2.28. The number of fused-ring (bicyclic) bond motifs is 1. The third-order valence-corrected chi connectivity index (χ3v) is 3.99. The smallest absolute Gasteiger partial charge is 0.235 e. The van der Waals surface area contributed by atoms with Crippen LogP contribution in [0.2, 0.25) is 0 Å². The molecule has 0 aliphatic rings. The SMILES string of the molecule is Nc1cccc(-c2nn3c(-c4cccnc4)nnc3s2)c1. The summed E-state index contributed by atoms with van der Waals surface area (Å²) in [6.45, 7) is 0. The van der Waals surface area contributed by atoms with Gasteiger partial charge in [-0.2, -0.15) is 9.61 Å². The second-order valence-electron chi connectivity index (χ2n) is 4.49. The normalized spacial score (nSPS) is 11.0. The Morgan fingerprint density at radius 2 is 1.95 bits per heavy atom. The van der Waals surface area contributed by atoms with Crippen LogP contribution >= 0.6 is 11.3 Å². The molecule has 0 radical (unpaired) electrons. The Morgan fingerprint density at radius 1 is 1.05 bits per heavy atom. The molecular weight excluding hydrogens is 284 g/mol. The zero-order chi connectivity index (χ0) is 14.2. The first-order valence-corrected chi connectivity index (χ1v) is 7.11. The van der Waals surface area contributed by atoms with Gasteiger partial charge >= 0.3 is 0 Å². The number of hydrogen-bond acceptors (Lipinski definition) is 6. The van der Waals surface area contributed by atoms with Crippen LogP contribution in [0.15, 0.2) is 48.8 Å². The summed E-state index contributed by atoms with van der Waals surface area (Å²) in [5, 5.41) is 13.8. The molecule has 4 aromatic rings. The van der Waals surface area contributed by atoms with Crippen molar-refractivity contribution >= 4 is 22.0 Å². The molecule has 0 bridgehead atoms. The van der Waals surface area contributed by atoms with E-state index >= 15 is 0 Å². The van der Waals surface area contributed by atoms with E-state index in [0.29, 0.717) is 11.5 Å². The van der Waals surface area contributed by atoms with Crippen molar-refractivity contribution in [3.63, 3.8) is 0 Å². The van der Waals surface area contributed by atoms with Crippen molar-refractivity contribution in [1.29, 1.82) is 0 Å². The zero-order valence-electron chi connectivity index (χ0n) is 10.8. The van der Waals surface area contributed by atoms with E-state index in [-0.39, 0.29) is 0 Å². The molecule has 0 amide bonds. The maximum atomic E-state index is 5.82. The number of pyridine rings is 1. The van der Waals surface area contributed by atoms with Crippen LogP contribution < -0.4 is 5.73 Å². The Kier molecular flexibility index (Phi) is 2.65. The number of hydrogen-bond donors (Lipinski definition) is 1. The second-order valence-corrected chi connectivity index (χ2v) is 5.45. The van der Waals surface area contributed by atoms with Crippen molar-refractivity contribution in [2.45, 2.75) is 0 Å². The van der Waals surface area contributed by atoms with Crippen molar-refractivity contribution < 1.29 is 0 Å². The Labute approximate surface area is 123 Å². The van der Waals surface area contributed by atoms with Crippen LogP contribution in [-0.4, -0.2) is 24.8 Å². The van der Waals surface area contributed by atoms with E-state index in [4.69, 9.17) is 5.73 Å². The molecule has 0 aliphatic carbocycles. The molecule has 21 heavy (non-hydrogen) atoms. The van der Waals surface area contributed by atoms with E-state index < -0.39 is 0 Å². The van der Waals surface area contributed by atoms with Gasteiger partial charge in [0, 0.05) is 29.2 Å². The van der Waals surface area contributed by atoms with Gasteiger partial charge in [-0.05, 0) is 24.3 Å². The summed E-state index contributed by atoms with van der Waals surface area (Å²) in [5.74, 6) is 0.685.